The molecule has 0 bridgehead atoms. The van der Waals surface area contributed by atoms with E-state index in [-0.39, 0.29) is 11.5 Å². The summed E-state index contributed by atoms with van der Waals surface area (Å²) in [6.45, 7) is 0.0794. The summed E-state index contributed by atoms with van der Waals surface area (Å²) in [4.78, 5) is 9.55. The summed E-state index contributed by atoms with van der Waals surface area (Å²) in [7, 11) is 0.0213. The molecule has 29 heavy (non-hydrogen) atoms. The summed E-state index contributed by atoms with van der Waals surface area (Å²) in [5.74, 6) is 4.36. The van der Waals surface area contributed by atoms with Gasteiger partial charge in [-0.15, -0.1) is 0 Å². The number of carboxylic acid groups (broad SMARTS) is 1. The van der Waals surface area contributed by atoms with Gasteiger partial charge in [-0.2, -0.15) is 0 Å². The first-order chi connectivity index (χ1) is 13.8. The standard InChI is InChI=1S/C21H23NO6S/c1-22-21(20(23)24,14-4-5-15-27-2)29(25,26)19-12-8-17(9-13-19)16-6-10-18(28-3)11-7-16/h6-13,22H,14-15H2,1-3H3,(H,23,24). The molecule has 2 aromatic rings. The monoisotopic (exact) mass is 417 g/mol. The van der Waals surface area contributed by atoms with Crippen LogP contribution < -0.4 is 10.1 Å². The maximum Gasteiger partial charge on any atom is 0.341 e. The molecular formula is C21H23NO6S. The van der Waals surface area contributed by atoms with Gasteiger partial charge >= 0.3 is 5.97 Å². The van der Waals surface area contributed by atoms with Crippen LogP contribution in [-0.2, 0) is 19.4 Å². The molecule has 0 aromatic heterocycles. The largest absolute Gasteiger partial charge is 0.497 e. The minimum absolute atomic E-state index is 0.0794. The van der Waals surface area contributed by atoms with Crippen LogP contribution in [0.4, 0.5) is 0 Å². The van der Waals surface area contributed by atoms with Crippen LogP contribution in [0.5, 0.6) is 5.75 Å². The van der Waals surface area contributed by atoms with E-state index in [0.717, 1.165) is 11.1 Å². The zero-order valence-electron chi connectivity index (χ0n) is 16.4. The van der Waals surface area contributed by atoms with Crippen molar-refractivity contribution in [2.75, 3.05) is 27.9 Å². The number of hydrogen-bond acceptors (Lipinski definition) is 6. The molecule has 0 spiro atoms. The fourth-order valence-corrected chi connectivity index (χ4v) is 4.39. The van der Waals surface area contributed by atoms with Crippen LogP contribution in [0.15, 0.2) is 53.4 Å². The maximum absolute atomic E-state index is 13.2. The molecule has 2 N–H and O–H groups in total. The second-order valence-electron chi connectivity index (χ2n) is 6.10. The van der Waals surface area contributed by atoms with Crippen molar-refractivity contribution < 1.29 is 27.8 Å². The topological polar surface area (TPSA) is 102 Å². The minimum Gasteiger partial charge on any atom is -0.497 e. The number of carbonyl (C=O) groups is 1. The molecule has 154 valence electrons. The molecule has 0 amide bonds. The van der Waals surface area contributed by atoms with Crippen LogP contribution >= 0.6 is 0 Å². The molecular weight excluding hydrogens is 394 g/mol. The maximum atomic E-state index is 13.2. The Morgan fingerprint density at radius 2 is 1.59 bits per heavy atom. The van der Waals surface area contributed by atoms with Crippen LogP contribution in [0.25, 0.3) is 11.1 Å². The molecule has 2 aromatic carbocycles. The number of rotatable bonds is 8. The van der Waals surface area contributed by atoms with Gasteiger partial charge < -0.3 is 14.6 Å². The number of hydrogen-bond donors (Lipinski definition) is 2. The summed E-state index contributed by atoms with van der Waals surface area (Å²) in [6, 6.07) is 13.4. The Labute approximate surface area is 170 Å². The normalized spacial score (nSPS) is 13.1. The van der Waals surface area contributed by atoms with Gasteiger partial charge in [0, 0.05) is 7.11 Å². The van der Waals surface area contributed by atoms with Gasteiger partial charge in [-0.1, -0.05) is 36.1 Å². The molecule has 0 radical (unpaired) electrons. The average Bonchev–Trinajstić information content (AvgIpc) is 2.73. The van der Waals surface area contributed by atoms with E-state index in [9.17, 15) is 18.3 Å². The van der Waals surface area contributed by atoms with Gasteiger partial charge in [0.1, 0.15) is 12.4 Å². The minimum atomic E-state index is -4.28. The summed E-state index contributed by atoms with van der Waals surface area (Å²) in [5, 5.41) is 12.2. The first kappa shape index (κ1) is 22.4. The number of nitrogens with one attached hydrogen (secondary N) is 1. The second-order valence-corrected chi connectivity index (χ2v) is 8.28. The Balaban J connectivity index is 2.41. The van der Waals surface area contributed by atoms with Gasteiger partial charge in [0.2, 0.25) is 14.7 Å². The molecule has 0 aliphatic carbocycles. The molecule has 7 nitrogen and oxygen atoms in total. The Morgan fingerprint density at radius 1 is 1.03 bits per heavy atom. The quantitative estimate of drug-likeness (QED) is 0.635. The fourth-order valence-electron chi connectivity index (χ4n) is 2.74. The summed E-state index contributed by atoms with van der Waals surface area (Å²) in [6.07, 6.45) is -0.426. The van der Waals surface area contributed by atoms with E-state index in [0.29, 0.717) is 5.75 Å². The zero-order valence-corrected chi connectivity index (χ0v) is 17.2. The van der Waals surface area contributed by atoms with Crippen molar-refractivity contribution in [1.82, 2.24) is 5.32 Å². The molecule has 0 heterocycles. The van der Waals surface area contributed by atoms with Gasteiger partial charge in [-0.25, -0.2) is 13.2 Å². The summed E-state index contributed by atoms with van der Waals surface area (Å²) < 4.78 is 36.2. The number of aliphatic carboxylic acids is 1. The van der Waals surface area contributed by atoms with E-state index in [1.807, 2.05) is 12.1 Å². The molecule has 0 saturated heterocycles. The number of likely N-dealkylation sites (N-methyl/N-ethyl adjacent to an activating group) is 1. The Hall–Kier alpha value is -2.86. The van der Waals surface area contributed by atoms with E-state index in [2.05, 4.69) is 17.2 Å². The second kappa shape index (κ2) is 9.56. The SMILES string of the molecule is CNC(CC#CCOC)(C(=O)O)S(=O)(=O)c1ccc(-c2ccc(OC)cc2)cc1. The van der Waals surface area contributed by atoms with Crippen molar-refractivity contribution in [3.8, 4) is 28.7 Å². The Kier molecular flexibility index (Phi) is 7.40. The Morgan fingerprint density at radius 3 is 2.03 bits per heavy atom. The highest BCUT2D eigenvalue weighted by Gasteiger charge is 2.50. The van der Waals surface area contributed by atoms with Crippen molar-refractivity contribution in [1.29, 1.82) is 0 Å². The number of carboxylic acids is 1. The molecule has 1 atom stereocenters. The highest BCUT2D eigenvalue weighted by molar-refractivity contribution is 7.93. The average molecular weight is 417 g/mol. The summed E-state index contributed by atoms with van der Waals surface area (Å²) in [5.41, 5.74) is 1.66. The van der Waals surface area contributed by atoms with Crippen LogP contribution in [0.3, 0.4) is 0 Å². The zero-order chi connectivity index (χ0) is 21.5. The van der Waals surface area contributed by atoms with E-state index in [1.165, 1.54) is 26.3 Å². The lowest BCUT2D eigenvalue weighted by Crippen LogP contribution is -2.56. The van der Waals surface area contributed by atoms with Gasteiger partial charge in [-0.3, -0.25) is 5.32 Å². The number of ether oxygens (including phenoxy) is 2. The van der Waals surface area contributed by atoms with E-state index >= 15 is 0 Å². The number of sulfone groups is 1. The molecule has 8 heteroatoms. The van der Waals surface area contributed by atoms with Crippen molar-refractivity contribution in [3.63, 3.8) is 0 Å². The predicted octanol–water partition coefficient (Wildman–Crippen LogP) is 2.18. The summed E-state index contributed by atoms with van der Waals surface area (Å²) >= 11 is 0. The lowest BCUT2D eigenvalue weighted by molar-refractivity contribution is -0.140. The van der Waals surface area contributed by atoms with E-state index in [4.69, 9.17) is 9.47 Å². The fraction of sp³-hybridized carbons (Fsp3) is 0.286. The van der Waals surface area contributed by atoms with Crippen molar-refractivity contribution in [2.24, 2.45) is 0 Å². The van der Waals surface area contributed by atoms with Crippen LogP contribution in [0, 0.1) is 11.8 Å². The lowest BCUT2D eigenvalue weighted by atomic mass is 10.1. The first-order valence-electron chi connectivity index (χ1n) is 8.68. The van der Waals surface area contributed by atoms with Crippen LogP contribution in [-0.4, -0.2) is 52.2 Å². The van der Waals surface area contributed by atoms with Gasteiger partial charge in [0.05, 0.1) is 18.4 Å². The van der Waals surface area contributed by atoms with Crippen molar-refractivity contribution in [2.45, 2.75) is 16.2 Å². The van der Waals surface area contributed by atoms with Crippen molar-refractivity contribution >= 4 is 15.8 Å². The smallest absolute Gasteiger partial charge is 0.341 e. The predicted molar refractivity (Wildman–Crippen MR) is 109 cm³/mol. The first-order valence-corrected chi connectivity index (χ1v) is 10.2. The lowest BCUT2D eigenvalue weighted by Gasteiger charge is -2.27. The van der Waals surface area contributed by atoms with Gasteiger partial charge in [-0.05, 0) is 42.4 Å². The molecule has 2 rings (SSSR count). The van der Waals surface area contributed by atoms with Crippen LogP contribution in [0.1, 0.15) is 6.42 Å². The highest BCUT2D eigenvalue weighted by atomic mass is 32.2. The third-order valence-corrected chi connectivity index (χ3v) is 6.81. The van der Waals surface area contributed by atoms with Crippen LogP contribution in [0.2, 0.25) is 0 Å². The molecule has 0 fully saturated rings. The highest BCUT2D eigenvalue weighted by Crippen LogP contribution is 2.29. The van der Waals surface area contributed by atoms with Gasteiger partial charge in [0.15, 0.2) is 0 Å². The van der Waals surface area contributed by atoms with E-state index < -0.39 is 27.1 Å². The third-order valence-electron chi connectivity index (χ3n) is 4.47. The molecule has 0 aliphatic rings. The van der Waals surface area contributed by atoms with Crippen molar-refractivity contribution in [3.05, 3.63) is 48.5 Å². The third kappa shape index (κ3) is 4.59. The van der Waals surface area contributed by atoms with E-state index in [1.54, 1.807) is 31.4 Å². The molecule has 1 unspecified atom stereocenters. The van der Waals surface area contributed by atoms with Gasteiger partial charge in [0.25, 0.3) is 0 Å². The number of methoxy groups -OCH3 is 2. The molecule has 0 saturated carbocycles. The Bertz CT molecular complexity index is 1000. The molecule has 0 aliphatic heterocycles. The number of benzene rings is 2.